The molecule has 3 heteroatoms. The molecule has 3 nitrogen and oxygen atoms in total. The molecular weight excluding hydrogens is 1000 g/mol. The molecule has 0 aliphatic heterocycles. The molecule has 390 valence electrons. The van der Waals surface area contributed by atoms with Gasteiger partial charge >= 0.3 is 0 Å². The Kier molecular flexibility index (Phi) is 12.6. The van der Waals surface area contributed by atoms with Crippen LogP contribution in [0.3, 0.4) is 0 Å². The molecule has 1 heterocycles. The summed E-state index contributed by atoms with van der Waals surface area (Å²) in [5.41, 5.74) is 22.3. The van der Waals surface area contributed by atoms with E-state index >= 15 is 0 Å². The van der Waals surface area contributed by atoms with Crippen molar-refractivity contribution in [2.45, 2.75) is 0 Å². The van der Waals surface area contributed by atoms with Gasteiger partial charge in [0.2, 0.25) is 0 Å². The van der Waals surface area contributed by atoms with Crippen LogP contribution in [0.4, 0.5) is 34.1 Å². The van der Waals surface area contributed by atoms with E-state index in [-0.39, 0.29) is 0 Å². The second kappa shape index (κ2) is 21.2. The summed E-state index contributed by atoms with van der Waals surface area (Å²) in [5, 5.41) is 6.89. The third kappa shape index (κ3) is 9.36. The van der Waals surface area contributed by atoms with Crippen molar-refractivity contribution in [2.24, 2.45) is 0 Å². The molecule has 0 aliphatic rings. The van der Waals surface area contributed by atoms with Gasteiger partial charge in [-0.15, -0.1) is 0 Å². The van der Waals surface area contributed by atoms with Gasteiger partial charge in [0.05, 0.1) is 0 Å². The molecule has 0 aliphatic carbocycles. The van der Waals surface area contributed by atoms with Gasteiger partial charge in [0.1, 0.15) is 11.2 Å². The highest BCUT2D eigenvalue weighted by atomic mass is 16.3. The molecule has 0 saturated carbocycles. The molecule has 83 heavy (non-hydrogen) atoms. The van der Waals surface area contributed by atoms with Gasteiger partial charge in [-0.05, 0) is 180 Å². The Labute approximate surface area is 483 Å². The summed E-state index contributed by atoms with van der Waals surface area (Å²) in [7, 11) is 0. The first-order valence-electron chi connectivity index (χ1n) is 28.4. The van der Waals surface area contributed by atoms with Crippen molar-refractivity contribution in [3.05, 3.63) is 328 Å². The van der Waals surface area contributed by atoms with Gasteiger partial charge in [0.15, 0.2) is 0 Å². The average molecular weight is 1060 g/mol. The van der Waals surface area contributed by atoms with Gasteiger partial charge in [-0.3, -0.25) is 0 Å². The van der Waals surface area contributed by atoms with Crippen LogP contribution in [0.25, 0.3) is 110 Å². The number of hydrogen-bond donors (Lipinski definition) is 0. The predicted molar refractivity (Wildman–Crippen MR) is 351 cm³/mol. The summed E-state index contributed by atoms with van der Waals surface area (Å²) in [6.07, 6.45) is 0. The number of benzene rings is 14. The molecule has 15 rings (SSSR count). The number of nitrogens with zero attached hydrogens (tertiary/aromatic N) is 2. The van der Waals surface area contributed by atoms with Crippen molar-refractivity contribution < 1.29 is 4.42 Å². The molecule has 0 spiro atoms. The smallest absolute Gasteiger partial charge is 0.143 e. The highest BCUT2D eigenvalue weighted by Crippen LogP contribution is 2.45. The molecule has 1 aromatic heterocycles. The van der Waals surface area contributed by atoms with E-state index in [9.17, 15) is 0 Å². The third-order valence-electron chi connectivity index (χ3n) is 16.3. The van der Waals surface area contributed by atoms with Crippen molar-refractivity contribution in [1.29, 1.82) is 0 Å². The van der Waals surface area contributed by atoms with Crippen molar-refractivity contribution in [1.82, 2.24) is 0 Å². The third-order valence-corrected chi connectivity index (χ3v) is 16.3. The molecule has 0 unspecified atom stereocenters. The van der Waals surface area contributed by atoms with Crippen LogP contribution in [0.5, 0.6) is 0 Å². The second-order valence-electron chi connectivity index (χ2n) is 21.2. The summed E-state index contributed by atoms with van der Waals surface area (Å²) in [4.78, 5) is 4.67. The van der Waals surface area contributed by atoms with Gasteiger partial charge < -0.3 is 14.2 Å². The zero-order valence-corrected chi connectivity index (χ0v) is 45.5. The minimum atomic E-state index is 0.867. The fourth-order valence-electron chi connectivity index (χ4n) is 12.0. The maximum atomic E-state index is 7.02. The van der Waals surface area contributed by atoms with E-state index < -0.39 is 0 Å². The largest absolute Gasteiger partial charge is 0.455 e. The molecule has 0 N–H and O–H groups in total. The van der Waals surface area contributed by atoms with Gasteiger partial charge in [0, 0.05) is 50.3 Å². The van der Waals surface area contributed by atoms with E-state index in [4.69, 9.17) is 4.42 Å². The van der Waals surface area contributed by atoms with Gasteiger partial charge in [-0.1, -0.05) is 231 Å². The van der Waals surface area contributed by atoms with Crippen LogP contribution in [0, 0.1) is 0 Å². The Morgan fingerprint density at radius 1 is 0.181 bits per heavy atom. The minimum absolute atomic E-state index is 0.867. The fourth-order valence-corrected chi connectivity index (χ4v) is 12.0. The summed E-state index contributed by atoms with van der Waals surface area (Å²) < 4.78 is 7.02. The quantitative estimate of drug-likeness (QED) is 0.114. The van der Waals surface area contributed by atoms with Gasteiger partial charge in [-0.25, -0.2) is 0 Å². The minimum Gasteiger partial charge on any atom is -0.455 e. The summed E-state index contributed by atoms with van der Waals surface area (Å²) in [6.45, 7) is 0. The molecule has 15 aromatic rings. The van der Waals surface area contributed by atoms with Crippen LogP contribution in [0.1, 0.15) is 0 Å². The highest BCUT2D eigenvalue weighted by Gasteiger charge is 2.20. The Bertz CT molecular complexity index is 4590. The lowest BCUT2D eigenvalue weighted by Crippen LogP contribution is -2.09. The first-order chi connectivity index (χ1) is 41.1. The first-order valence-corrected chi connectivity index (χ1v) is 28.4. The van der Waals surface area contributed by atoms with Crippen LogP contribution in [-0.4, -0.2) is 0 Å². The molecule has 0 atom stereocenters. The Balaban J connectivity index is 0.754. The lowest BCUT2D eigenvalue weighted by atomic mass is 9.93. The summed E-state index contributed by atoms with van der Waals surface area (Å²) >= 11 is 0. The Hall–Kier alpha value is -11.0. The number of rotatable bonds is 12. The number of furan rings is 1. The second-order valence-corrected chi connectivity index (χ2v) is 21.2. The standard InChI is InChI=1S/C80H54N2O/c1-5-15-55(16-6-1)59-25-39-67(40-26-59)81(68-41-27-60(28-42-68)56-17-7-2-8-18-56)71-47-33-63(34-48-71)65-37-51-75-77(53-65)73-23-13-14-24-74(73)79-76-52-38-66(54-78(76)83-80(75)79)64-35-49-72(50-36-64)82(69-43-29-61(30-44-69)57-19-9-3-10-20-57)70-45-31-62(32-46-70)58-21-11-4-12-22-58/h1-54H. The van der Waals surface area contributed by atoms with E-state index in [1.165, 1.54) is 55.3 Å². The van der Waals surface area contributed by atoms with Crippen LogP contribution >= 0.6 is 0 Å². The molecule has 0 radical (unpaired) electrons. The molecule has 0 saturated heterocycles. The Morgan fingerprint density at radius 2 is 0.446 bits per heavy atom. The number of hydrogen-bond acceptors (Lipinski definition) is 3. The van der Waals surface area contributed by atoms with Gasteiger partial charge in [-0.2, -0.15) is 0 Å². The van der Waals surface area contributed by atoms with E-state index in [0.717, 1.165) is 89.1 Å². The molecule has 0 amide bonds. The van der Waals surface area contributed by atoms with E-state index in [0.29, 0.717) is 0 Å². The van der Waals surface area contributed by atoms with E-state index in [1.807, 2.05) is 0 Å². The van der Waals surface area contributed by atoms with Gasteiger partial charge in [0.25, 0.3) is 0 Å². The maximum Gasteiger partial charge on any atom is 0.143 e. The SMILES string of the molecule is c1ccc(-c2ccc(N(c3ccc(-c4ccccc4)cc3)c3ccc(-c4ccc5c(c4)oc4c6ccc(-c7ccc(N(c8ccc(-c9ccccc9)cc8)c8ccc(-c9ccccc9)cc8)cc7)cc6c6ccccc6c54)cc3)cc2)cc1. The summed E-state index contributed by atoms with van der Waals surface area (Å²) in [6, 6.07) is 118. The molecular formula is C80H54N2O. The zero-order chi connectivity index (χ0) is 55.1. The monoisotopic (exact) mass is 1060 g/mol. The maximum absolute atomic E-state index is 7.02. The van der Waals surface area contributed by atoms with Crippen molar-refractivity contribution >= 4 is 77.6 Å². The Morgan fingerprint density at radius 3 is 0.795 bits per heavy atom. The molecule has 0 fully saturated rings. The highest BCUT2D eigenvalue weighted by molar-refractivity contribution is 6.30. The predicted octanol–water partition coefficient (Wildman–Crippen LogP) is 22.8. The van der Waals surface area contributed by atoms with Crippen LogP contribution in [0.2, 0.25) is 0 Å². The topological polar surface area (TPSA) is 19.6 Å². The average Bonchev–Trinajstić information content (AvgIpc) is 3.96. The first kappa shape index (κ1) is 49.1. The van der Waals surface area contributed by atoms with E-state index in [1.54, 1.807) is 0 Å². The number of fused-ring (bicyclic) bond motifs is 8. The van der Waals surface area contributed by atoms with E-state index in [2.05, 4.69) is 337 Å². The van der Waals surface area contributed by atoms with Crippen molar-refractivity contribution in [3.63, 3.8) is 0 Å². The molecule has 0 bridgehead atoms. The summed E-state index contributed by atoms with van der Waals surface area (Å²) in [5.74, 6) is 0. The number of anilines is 6. The van der Waals surface area contributed by atoms with Crippen LogP contribution in [0.15, 0.2) is 332 Å². The molecule has 14 aromatic carbocycles. The van der Waals surface area contributed by atoms with Crippen LogP contribution < -0.4 is 9.80 Å². The lowest BCUT2D eigenvalue weighted by Gasteiger charge is -2.26. The normalized spacial score (nSPS) is 11.4. The zero-order valence-electron chi connectivity index (χ0n) is 45.5. The lowest BCUT2D eigenvalue weighted by molar-refractivity contribution is 0.673. The van der Waals surface area contributed by atoms with Crippen LogP contribution in [-0.2, 0) is 0 Å². The van der Waals surface area contributed by atoms with Crippen molar-refractivity contribution in [2.75, 3.05) is 9.80 Å². The van der Waals surface area contributed by atoms with Crippen molar-refractivity contribution in [3.8, 4) is 66.8 Å². The fraction of sp³-hybridized carbons (Fsp3) is 0.